The van der Waals surface area contributed by atoms with Gasteiger partial charge in [0.15, 0.2) is 0 Å². The van der Waals surface area contributed by atoms with Crippen molar-refractivity contribution in [3.63, 3.8) is 0 Å². The molecule has 7 heteroatoms. The van der Waals surface area contributed by atoms with Crippen molar-refractivity contribution in [2.75, 3.05) is 0 Å². The molecule has 1 aliphatic carbocycles. The number of alkyl halides is 3. The lowest BCUT2D eigenvalue weighted by Crippen LogP contribution is -2.47. The van der Waals surface area contributed by atoms with E-state index in [0.29, 0.717) is 18.4 Å². The summed E-state index contributed by atoms with van der Waals surface area (Å²) in [6.07, 6.45) is -5.23. The first-order valence-electron chi connectivity index (χ1n) is 6.41. The summed E-state index contributed by atoms with van der Waals surface area (Å²) in [6, 6.07) is 6.69. The van der Waals surface area contributed by atoms with Crippen LogP contribution in [0.3, 0.4) is 0 Å². The topological polar surface area (TPSA) is 66.4 Å². The van der Waals surface area contributed by atoms with E-state index in [4.69, 9.17) is 5.11 Å². The highest BCUT2D eigenvalue weighted by Gasteiger charge is 2.52. The summed E-state index contributed by atoms with van der Waals surface area (Å²) in [5, 5.41) is 10.8. The van der Waals surface area contributed by atoms with Crippen LogP contribution in [0.5, 0.6) is 0 Å². The van der Waals surface area contributed by atoms with Crippen molar-refractivity contribution in [3.8, 4) is 0 Å². The van der Waals surface area contributed by atoms with E-state index in [1.54, 1.807) is 30.3 Å². The Hall–Kier alpha value is -2.05. The molecule has 4 nitrogen and oxygen atoms in total. The lowest BCUT2D eigenvalue weighted by molar-refractivity contribution is -0.160. The van der Waals surface area contributed by atoms with Gasteiger partial charge in [-0.2, -0.15) is 13.2 Å². The summed E-state index contributed by atoms with van der Waals surface area (Å²) < 4.78 is 37.0. The smallest absolute Gasteiger partial charge is 0.391 e. The van der Waals surface area contributed by atoms with Gasteiger partial charge in [-0.05, 0) is 18.4 Å². The van der Waals surface area contributed by atoms with Gasteiger partial charge >= 0.3 is 12.1 Å². The van der Waals surface area contributed by atoms with E-state index in [1.807, 2.05) is 5.32 Å². The van der Waals surface area contributed by atoms with Gasteiger partial charge in [-0.25, -0.2) is 4.79 Å². The van der Waals surface area contributed by atoms with E-state index in [9.17, 15) is 22.8 Å². The number of halogens is 3. The molecule has 2 rings (SSSR count). The molecule has 21 heavy (non-hydrogen) atoms. The number of nitrogens with one attached hydrogen (secondary N) is 1. The van der Waals surface area contributed by atoms with Gasteiger partial charge in [-0.15, -0.1) is 0 Å². The molecule has 1 aromatic carbocycles. The van der Waals surface area contributed by atoms with Crippen LogP contribution in [0.1, 0.15) is 24.8 Å². The van der Waals surface area contributed by atoms with Crippen molar-refractivity contribution in [1.29, 1.82) is 0 Å². The zero-order valence-electron chi connectivity index (χ0n) is 11.0. The third-order valence-electron chi connectivity index (χ3n) is 3.55. The van der Waals surface area contributed by atoms with Crippen LogP contribution in [0, 0.1) is 0 Å². The zero-order valence-corrected chi connectivity index (χ0v) is 11.0. The Bertz CT molecular complexity index is 538. The molecule has 1 saturated carbocycles. The molecule has 1 amide bonds. The van der Waals surface area contributed by atoms with E-state index in [-0.39, 0.29) is 0 Å². The summed E-state index contributed by atoms with van der Waals surface area (Å²) in [5.74, 6) is -2.35. The van der Waals surface area contributed by atoms with Gasteiger partial charge in [-0.3, -0.25) is 4.79 Å². The van der Waals surface area contributed by atoms with Gasteiger partial charge in [0.05, 0.1) is 11.8 Å². The number of aliphatic carboxylic acids is 1. The molecule has 1 atom stereocenters. The first-order valence-corrected chi connectivity index (χ1v) is 6.41. The second-order valence-corrected chi connectivity index (χ2v) is 5.13. The van der Waals surface area contributed by atoms with Crippen molar-refractivity contribution in [3.05, 3.63) is 35.9 Å². The van der Waals surface area contributed by atoms with Crippen LogP contribution in [0.25, 0.3) is 0 Å². The standard InChI is InChI=1S/C14H14F3NO3/c15-14(16,17)8-10(11(19)20)18-12(21)13(6-7-13)9-4-2-1-3-5-9/h1-5,10H,6-8H2,(H,18,21)(H,19,20). The van der Waals surface area contributed by atoms with Gasteiger partial charge in [0.25, 0.3) is 0 Å². The van der Waals surface area contributed by atoms with Crippen molar-refractivity contribution in [2.45, 2.75) is 36.9 Å². The van der Waals surface area contributed by atoms with Crippen LogP contribution in [-0.2, 0) is 15.0 Å². The number of amides is 1. The van der Waals surface area contributed by atoms with E-state index < -0.39 is 35.9 Å². The van der Waals surface area contributed by atoms with Crippen LogP contribution < -0.4 is 5.32 Å². The summed E-state index contributed by atoms with van der Waals surface area (Å²) in [7, 11) is 0. The third kappa shape index (κ3) is 3.53. The minimum absolute atomic E-state index is 0.501. The minimum atomic E-state index is -4.65. The molecule has 0 bridgehead atoms. The van der Waals surface area contributed by atoms with E-state index in [0.717, 1.165) is 0 Å². The largest absolute Gasteiger partial charge is 0.480 e. The zero-order chi connectivity index (χ0) is 15.7. The van der Waals surface area contributed by atoms with E-state index in [2.05, 4.69) is 0 Å². The number of carbonyl (C=O) groups is 2. The monoisotopic (exact) mass is 301 g/mol. The van der Waals surface area contributed by atoms with Gasteiger partial charge in [0.2, 0.25) is 5.91 Å². The number of hydrogen-bond acceptors (Lipinski definition) is 2. The first-order chi connectivity index (χ1) is 9.74. The van der Waals surface area contributed by atoms with E-state index >= 15 is 0 Å². The SMILES string of the molecule is O=C(O)C(CC(F)(F)F)NC(=O)C1(c2ccccc2)CC1. The van der Waals surface area contributed by atoms with Crippen LogP contribution in [0.4, 0.5) is 13.2 Å². The summed E-state index contributed by atoms with van der Waals surface area (Å²) in [4.78, 5) is 23.1. The molecule has 1 unspecified atom stereocenters. The Balaban J connectivity index is 2.11. The number of hydrogen-bond donors (Lipinski definition) is 2. The fraction of sp³-hybridized carbons (Fsp3) is 0.429. The molecule has 0 spiro atoms. The van der Waals surface area contributed by atoms with Crippen LogP contribution in [0.15, 0.2) is 30.3 Å². The quantitative estimate of drug-likeness (QED) is 0.876. The Morgan fingerprint density at radius 1 is 1.24 bits per heavy atom. The number of carboxylic acid groups (broad SMARTS) is 1. The Kier molecular flexibility index (Phi) is 3.93. The maximum atomic E-state index is 12.3. The predicted octanol–water partition coefficient (Wildman–Crippen LogP) is 2.24. The van der Waals surface area contributed by atoms with Gasteiger partial charge < -0.3 is 10.4 Å². The van der Waals surface area contributed by atoms with Crippen molar-refractivity contribution in [2.24, 2.45) is 0 Å². The van der Waals surface area contributed by atoms with Crippen LogP contribution in [-0.4, -0.2) is 29.2 Å². The average molecular weight is 301 g/mol. The predicted molar refractivity (Wildman–Crippen MR) is 67.6 cm³/mol. The average Bonchev–Trinajstić information content (AvgIpc) is 3.18. The summed E-state index contributed by atoms with van der Waals surface area (Å²) >= 11 is 0. The molecule has 1 aromatic rings. The Morgan fingerprint density at radius 3 is 2.24 bits per heavy atom. The highest BCUT2D eigenvalue weighted by molar-refractivity contribution is 5.94. The second kappa shape index (κ2) is 5.38. The van der Waals surface area contributed by atoms with E-state index in [1.165, 1.54) is 0 Å². The lowest BCUT2D eigenvalue weighted by Gasteiger charge is -2.21. The molecule has 0 aromatic heterocycles. The fourth-order valence-electron chi connectivity index (χ4n) is 2.26. The Labute approximate surface area is 119 Å². The summed E-state index contributed by atoms with van der Waals surface area (Å²) in [6.45, 7) is 0. The maximum absolute atomic E-state index is 12.3. The molecule has 114 valence electrons. The molecular formula is C14H14F3NO3. The second-order valence-electron chi connectivity index (χ2n) is 5.13. The maximum Gasteiger partial charge on any atom is 0.391 e. The van der Waals surface area contributed by atoms with Gasteiger partial charge in [0.1, 0.15) is 6.04 Å². The van der Waals surface area contributed by atoms with Crippen molar-refractivity contribution in [1.82, 2.24) is 5.32 Å². The van der Waals surface area contributed by atoms with Gasteiger partial charge in [0, 0.05) is 0 Å². The van der Waals surface area contributed by atoms with Crippen molar-refractivity contribution >= 4 is 11.9 Å². The highest BCUT2D eigenvalue weighted by atomic mass is 19.4. The first kappa shape index (κ1) is 15.3. The molecular weight excluding hydrogens is 287 g/mol. The summed E-state index contributed by atoms with van der Waals surface area (Å²) in [5.41, 5.74) is -0.195. The normalized spacial score (nSPS) is 17.9. The fourth-order valence-corrected chi connectivity index (χ4v) is 2.26. The molecule has 1 aliphatic rings. The van der Waals surface area contributed by atoms with Crippen LogP contribution in [0.2, 0.25) is 0 Å². The number of carboxylic acids is 1. The number of benzene rings is 1. The molecule has 0 heterocycles. The minimum Gasteiger partial charge on any atom is -0.480 e. The molecule has 0 radical (unpaired) electrons. The van der Waals surface area contributed by atoms with Gasteiger partial charge in [-0.1, -0.05) is 30.3 Å². The Morgan fingerprint density at radius 2 is 1.81 bits per heavy atom. The molecule has 0 aliphatic heterocycles. The van der Waals surface area contributed by atoms with Crippen LogP contribution >= 0.6 is 0 Å². The number of carbonyl (C=O) groups excluding carboxylic acids is 1. The van der Waals surface area contributed by atoms with Crippen molar-refractivity contribution < 1.29 is 27.9 Å². The number of rotatable bonds is 5. The molecule has 0 saturated heterocycles. The highest BCUT2D eigenvalue weighted by Crippen LogP contribution is 2.48. The third-order valence-corrected chi connectivity index (χ3v) is 3.55. The lowest BCUT2D eigenvalue weighted by atomic mass is 9.94. The molecule has 2 N–H and O–H groups in total. The molecule has 1 fully saturated rings.